The normalized spacial score (nSPS) is 7.80. The Bertz CT molecular complexity index is 280. The Morgan fingerprint density at radius 1 is 1.47 bits per heavy atom. The van der Waals surface area contributed by atoms with Crippen LogP contribution in [-0.4, -0.2) is 18.4 Å². The molecule has 0 bridgehead atoms. The Morgan fingerprint density at radius 3 is 2.27 bits per heavy atom. The van der Waals surface area contributed by atoms with Gasteiger partial charge in [0, 0.05) is 5.56 Å². The van der Waals surface area contributed by atoms with Crippen molar-refractivity contribution in [3.05, 3.63) is 29.6 Å². The van der Waals surface area contributed by atoms with Crippen LogP contribution in [0.3, 0.4) is 0 Å². The lowest BCUT2D eigenvalue weighted by molar-refractivity contribution is 0.112. The summed E-state index contributed by atoms with van der Waals surface area (Å²) in [5.74, 6) is 3.38. The fourth-order valence-corrected chi connectivity index (χ4v) is 0.603. The molecule has 0 unspecified atom stereocenters. The molecule has 5 heteroatoms. The smallest absolute Gasteiger partial charge is 0.164 e. The summed E-state index contributed by atoms with van der Waals surface area (Å²) in [6.07, 6.45) is 0.541. The minimum atomic E-state index is -0.717. The molecule has 4 N–H and O–H groups in total. The molecule has 0 saturated heterocycles. The van der Waals surface area contributed by atoms with Gasteiger partial charge in [-0.2, -0.15) is 0 Å². The van der Waals surface area contributed by atoms with E-state index in [4.69, 9.17) is 5.11 Å². The fourth-order valence-electron chi connectivity index (χ4n) is 0.603. The molecule has 0 aliphatic heterocycles. The number of halogens is 1. The van der Waals surface area contributed by atoms with Crippen molar-refractivity contribution in [3.8, 4) is 5.75 Å². The minimum Gasteiger partial charge on any atom is -0.505 e. The number of benzene rings is 1. The second-order valence-electron chi connectivity index (χ2n) is 2.12. The zero-order chi connectivity index (χ0) is 12.3. The molecule has 1 rings (SSSR count). The van der Waals surface area contributed by atoms with Crippen LogP contribution in [0.4, 0.5) is 4.39 Å². The number of carbonyl (C=O) groups is 1. The maximum absolute atomic E-state index is 12.3. The number of carbonyl (C=O) groups excluding carboxylic acids is 1. The van der Waals surface area contributed by atoms with Crippen LogP contribution >= 0.6 is 0 Å². The van der Waals surface area contributed by atoms with Gasteiger partial charge >= 0.3 is 0 Å². The van der Waals surface area contributed by atoms with Crippen molar-refractivity contribution >= 4 is 6.29 Å². The predicted molar refractivity (Wildman–Crippen MR) is 58.0 cm³/mol. The van der Waals surface area contributed by atoms with E-state index in [1.165, 1.54) is 6.07 Å². The minimum absolute atomic E-state index is 0.263. The number of hydrogen-bond acceptors (Lipinski definition) is 4. The zero-order valence-electron chi connectivity index (χ0n) is 9.12. The van der Waals surface area contributed by atoms with E-state index in [0.29, 0.717) is 6.29 Å². The summed E-state index contributed by atoms with van der Waals surface area (Å²) in [6.45, 7) is 4.00. The summed E-state index contributed by atoms with van der Waals surface area (Å²) >= 11 is 0. The van der Waals surface area contributed by atoms with Crippen molar-refractivity contribution in [1.29, 1.82) is 0 Å². The van der Waals surface area contributed by atoms with Gasteiger partial charge in [0.25, 0.3) is 0 Å². The molecule has 0 aliphatic carbocycles. The molecule has 0 radical (unpaired) electrons. The van der Waals surface area contributed by atoms with Gasteiger partial charge in [-0.3, -0.25) is 16.1 Å². The number of hydrazine groups is 1. The number of hydrogen-bond donors (Lipinski definition) is 3. The van der Waals surface area contributed by atoms with Gasteiger partial charge in [-0.05, 0) is 25.2 Å². The van der Waals surface area contributed by atoms with Crippen LogP contribution in [0.15, 0.2) is 18.2 Å². The number of aldehydes is 1. The van der Waals surface area contributed by atoms with E-state index < -0.39 is 11.6 Å². The van der Waals surface area contributed by atoms with E-state index in [-0.39, 0.29) is 5.56 Å². The van der Waals surface area contributed by atoms with E-state index in [1.807, 2.05) is 13.8 Å². The molecule has 0 aliphatic rings. The third-order valence-electron chi connectivity index (χ3n) is 1.11. The summed E-state index contributed by atoms with van der Waals surface area (Å²) < 4.78 is 12.3. The highest BCUT2D eigenvalue weighted by atomic mass is 19.1. The second-order valence-corrected chi connectivity index (χ2v) is 2.12. The Kier molecular flexibility index (Phi) is 11.3. The molecule has 15 heavy (non-hydrogen) atoms. The Hall–Kier alpha value is -1.46. The Labute approximate surface area is 88.9 Å². The van der Waals surface area contributed by atoms with E-state index in [2.05, 4.69) is 11.3 Å². The van der Waals surface area contributed by atoms with Crippen LogP contribution in [-0.2, 0) is 0 Å². The molecular formula is C10H17FN2O2. The van der Waals surface area contributed by atoms with Crippen LogP contribution < -0.4 is 11.3 Å². The molecule has 0 saturated carbocycles. The van der Waals surface area contributed by atoms with Gasteiger partial charge in [0.05, 0.1) is 0 Å². The van der Waals surface area contributed by atoms with E-state index in [0.717, 1.165) is 12.1 Å². The third kappa shape index (κ3) is 7.60. The van der Waals surface area contributed by atoms with Crippen LogP contribution in [0.25, 0.3) is 0 Å². The lowest BCUT2D eigenvalue weighted by Crippen LogP contribution is -2.13. The lowest BCUT2D eigenvalue weighted by atomic mass is 10.2. The van der Waals surface area contributed by atoms with Crippen LogP contribution in [0.5, 0.6) is 5.75 Å². The van der Waals surface area contributed by atoms with Crippen molar-refractivity contribution in [2.24, 2.45) is 5.84 Å². The van der Waals surface area contributed by atoms with Crippen LogP contribution in [0.2, 0.25) is 0 Å². The average molecular weight is 216 g/mol. The van der Waals surface area contributed by atoms with Crippen molar-refractivity contribution in [2.45, 2.75) is 13.8 Å². The average Bonchev–Trinajstić information content (AvgIpc) is 2.26. The highest BCUT2D eigenvalue weighted by Crippen LogP contribution is 2.14. The standard InChI is InChI=1S/C7H5FO2.C2H6.CH6N2/c8-6-2-1-5(4-9)3-7(6)10;1-2;1-3-2/h1-4,10H;1-2H3;3H,2H2,1H3. The number of phenolic OH excluding ortho intramolecular Hbond substituents is 1. The molecule has 4 nitrogen and oxygen atoms in total. The van der Waals surface area contributed by atoms with Gasteiger partial charge in [-0.25, -0.2) is 4.39 Å². The molecule has 0 heterocycles. The highest BCUT2D eigenvalue weighted by Gasteiger charge is 1.98. The van der Waals surface area contributed by atoms with Crippen molar-refractivity contribution in [1.82, 2.24) is 5.43 Å². The van der Waals surface area contributed by atoms with Crippen molar-refractivity contribution < 1.29 is 14.3 Å². The van der Waals surface area contributed by atoms with E-state index in [9.17, 15) is 9.18 Å². The fraction of sp³-hybridized carbons (Fsp3) is 0.300. The number of phenols is 1. The van der Waals surface area contributed by atoms with Gasteiger partial charge in [-0.1, -0.05) is 13.8 Å². The van der Waals surface area contributed by atoms with Gasteiger partial charge < -0.3 is 5.11 Å². The summed E-state index contributed by atoms with van der Waals surface area (Å²) in [4.78, 5) is 10.0. The predicted octanol–water partition coefficient (Wildman–Crippen LogP) is 1.45. The largest absolute Gasteiger partial charge is 0.505 e. The lowest BCUT2D eigenvalue weighted by Gasteiger charge is -1.93. The van der Waals surface area contributed by atoms with Gasteiger partial charge in [-0.15, -0.1) is 0 Å². The first-order valence-electron chi connectivity index (χ1n) is 4.46. The summed E-state index contributed by atoms with van der Waals surface area (Å²) in [5, 5.41) is 8.70. The van der Waals surface area contributed by atoms with Gasteiger partial charge in [0.15, 0.2) is 11.6 Å². The molecule has 0 atom stereocenters. The second kappa shape index (κ2) is 10.6. The first-order chi connectivity index (χ1) is 7.15. The summed E-state index contributed by atoms with van der Waals surface area (Å²) in [5.41, 5.74) is 2.51. The number of rotatable bonds is 1. The zero-order valence-corrected chi connectivity index (χ0v) is 9.12. The monoisotopic (exact) mass is 216 g/mol. The van der Waals surface area contributed by atoms with Crippen molar-refractivity contribution in [3.63, 3.8) is 0 Å². The molecular weight excluding hydrogens is 199 g/mol. The van der Waals surface area contributed by atoms with Crippen LogP contribution in [0.1, 0.15) is 24.2 Å². The van der Waals surface area contributed by atoms with E-state index >= 15 is 0 Å². The molecule has 1 aromatic carbocycles. The summed E-state index contributed by atoms with van der Waals surface area (Å²) in [7, 11) is 1.65. The SMILES string of the molecule is CC.CNN.O=Cc1ccc(F)c(O)c1. The maximum Gasteiger partial charge on any atom is 0.164 e. The topological polar surface area (TPSA) is 75.3 Å². The number of nitrogens with two attached hydrogens (primary N) is 1. The first-order valence-corrected chi connectivity index (χ1v) is 4.46. The molecule has 0 aromatic heterocycles. The quantitative estimate of drug-likeness (QED) is 0.377. The molecule has 0 amide bonds. The number of nitrogens with one attached hydrogen (secondary N) is 1. The van der Waals surface area contributed by atoms with Gasteiger partial charge in [0.1, 0.15) is 6.29 Å². The van der Waals surface area contributed by atoms with Crippen molar-refractivity contribution in [2.75, 3.05) is 7.05 Å². The Balaban J connectivity index is 0. The third-order valence-corrected chi connectivity index (χ3v) is 1.11. The maximum atomic E-state index is 12.3. The summed E-state index contributed by atoms with van der Waals surface area (Å²) in [6, 6.07) is 3.41. The molecule has 86 valence electrons. The molecule has 0 fully saturated rings. The highest BCUT2D eigenvalue weighted by molar-refractivity contribution is 5.75. The van der Waals surface area contributed by atoms with Gasteiger partial charge in [0.2, 0.25) is 0 Å². The molecule has 1 aromatic rings. The van der Waals surface area contributed by atoms with E-state index in [1.54, 1.807) is 7.05 Å². The Morgan fingerprint density at radius 2 is 1.93 bits per heavy atom. The number of aromatic hydroxyl groups is 1. The van der Waals surface area contributed by atoms with Crippen LogP contribution in [0, 0.1) is 5.82 Å². The molecule has 0 spiro atoms. The first kappa shape index (κ1) is 16.0.